The normalized spacial score (nSPS) is 44.7. The number of ketones is 4. The van der Waals surface area contributed by atoms with Crippen molar-refractivity contribution in [2.24, 2.45) is 39.4 Å². The number of carboxylic acids is 1. The number of epoxide rings is 1. The molecule has 7 heteroatoms. The summed E-state index contributed by atoms with van der Waals surface area (Å²) in [6.07, 6.45) is 4.67. The van der Waals surface area contributed by atoms with E-state index in [9.17, 15) is 24.0 Å². The number of carbonyl (C=O) groups is 5. The number of Topliss-reactive ketones (excluding diaryl/α,β-unsaturated/α-hetero) is 2. The van der Waals surface area contributed by atoms with Gasteiger partial charge in [0.25, 0.3) is 0 Å². The molecule has 1 saturated heterocycles. The zero-order chi connectivity index (χ0) is 27.5. The molecule has 7 nitrogen and oxygen atoms in total. The van der Waals surface area contributed by atoms with Gasteiger partial charge >= 0.3 is 5.97 Å². The molecule has 1 heterocycles. The van der Waals surface area contributed by atoms with Crippen molar-refractivity contribution in [2.75, 3.05) is 0 Å². The fourth-order valence-corrected chi connectivity index (χ4v) is 8.94. The van der Waals surface area contributed by atoms with Gasteiger partial charge in [0.1, 0.15) is 17.2 Å². The van der Waals surface area contributed by atoms with E-state index in [-0.39, 0.29) is 48.0 Å². The molecule has 0 aromatic carbocycles. The Morgan fingerprint density at radius 3 is 2.41 bits per heavy atom. The van der Waals surface area contributed by atoms with Gasteiger partial charge < -0.3 is 9.84 Å². The first-order chi connectivity index (χ1) is 17.0. The summed E-state index contributed by atoms with van der Waals surface area (Å²) >= 11 is 0. The minimum Gasteiger partial charge on any atom is -0.481 e. The summed E-state index contributed by atoms with van der Waals surface area (Å²) in [5, 5.41) is 9.17. The molecule has 0 aromatic rings. The molecule has 5 rings (SSSR count). The maximum absolute atomic E-state index is 14.1. The molecule has 0 radical (unpaired) electrons. The SMILES string of the molecule is C/C(=C/C(=O)C[C@H](C)C(=O)O)[C@H]1CC(=O)[C@]2(C)[C@]1(C)C(=O)C=C1[C@@]3(C)CCC(=O)C(C)(C)[C@H]3C[C@H]3O[C@@]132. The van der Waals surface area contributed by atoms with Crippen LogP contribution in [0.15, 0.2) is 23.3 Å². The number of aliphatic carboxylic acids is 1. The minimum absolute atomic E-state index is 0.0247. The van der Waals surface area contributed by atoms with Crippen LogP contribution in [0, 0.1) is 39.4 Å². The number of allylic oxidation sites excluding steroid dienone is 3. The van der Waals surface area contributed by atoms with Gasteiger partial charge in [0.05, 0.1) is 22.9 Å². The van der Waals surface area contributed by atoms with Gasteiger partial charge in [-0.25, -0.2) is 0 Å². The zero-order valence-electron chi connectivity index (χ0n) is 22.9. The lowest BCUT2D eigenvalue weighted by molar-refractivity contribution is -0.150. The Kier molecular flexibility index (Phi) is 5.37. The quantitative estimate of drug-likeness (QED) is 0.433. The third kappa shape index (κ3) is 2.95. The largest absolute Gasteiger partial charge is 0.481 e. The van der Waals surface area contributed by atoms with Gasteiger partial charge in [0, 0.05) is 30.6 Å². The summed E-state index contributed by atoms with van der Waals surface area (Å²) in [7, 11) is 0. The molecule has 1 aliphatic heterocycles. The summed E-state index contributed by atoms with van der Waals surface area (Å²) in [5.41, 5.74) is -2.50. The van der Waals surface area contributed by atoms with Gasteiger partial charge in [-0.15, -0.1) is 0 Å². The monoisotopic (exact) mass is 510 g/mol. The number of hydrogen-bond donors (Lipinski definition) is 1. The van der Waals surface area contributed by atoms with E-state index in [1.807, 2.05) is 27.7 Å². The lowest BCUT2D eigenvalue weighted by atomic mass is 9.41. The van der Waals surface area contributed by atoms with E-state index in [4.69, 9.17) is 9.84 Å². The fourth-order valence-electron chi connectivity index (χ4n) is 8.94. The van der Waals surface area contributed by atoms with Crippen LogP contribution in [-0.4, -0.2) is 45.9 Å². The molecule has 4 fully saturated rings. The lowest BCUT2D eigenvalue weighted by Crippen LogP contribution is -2.65. The Bertz CT molecular complexity index is 1220. The van der Waals surface area contributed by atoms with Crippen molar-refractivity contribution in [1.82, 2.24) is 0 Å². The highest BCUT2D eigenvalue weighted by molar-refractivity contribution is 6.08. The van der Waals surface area contributed by atoms with Crippen molar-refractivity contribution in [2.45, 2.75) is 92.3 Å². The van der Waals surface area contributed by atoms with Gasteiger partial charge in [0.15, 0.2) is 11.6 Å². The molecule has 1 N–H and O–H groups in total. The Balaban J connectivity index is 1.58. The lowest BCUT2D eigenvalue weighted by Gasteiger charge is -2.59. The Hall–Kier alpha value is -2.41. The Morgan fingerprint density at radius 1 is 1.14 bits per heavy atom. The topological polar surface area (TPSA) is 118 Å². The van der Waals surface area contributed by atoms with E-state index < -0.39 is 45.1 Å². The molecule has 4 aliphatic carbocycles. The third-order valence-corrected chi connectivity index (χ3v) is 11.5. The molecule has 37 heavy (non-hydrogen) atoms. The Labute approximate surface area is 218 Å². The average Bonchev–Trinajstić information content (AvgIpc) is 3.49. The van der Waals surface area contributed by atoms with Crippen molar-refractivity contribution >= 4 is 29.1 Å². The second kappa shape index (κ2) is 7.58. The maximum atomic E-state index is 14.1. The summed E-state index contributed by atoms with van der Waals surface area (Å²) < 4.78 is 6.54. The molecule has 8 atom stereocenters. The van der Waals surface area contributed by atoms with Crippen LogP contribution in [-0.2, 0) is 28.7 Å². The maximum Gasteiger partial charge on any atom is 0.306 e. The smallest absolute Gasteiger partial charge is 0.306 e. The molecule has 5 aliphatic rings. The third-order valence-electron chi connectivity index (χ3n) is 11.5. The van der Waals surface area contributed by atoms with Crippen molar-refractivity contribution in [3.63, 3.8) is 0 Å². The molecule has 0 aromatic heterocycles. The van der Waals surface area contributed by atoms with E-state index in [2.05, 4.69) is 6.92 Å². The average molecular weight is 511 g/mol. The highest BCUT2D eigenvalue weighted by Gasteiger charge is 2.86. The van der Waals surface area contributed by atoms with Crippen molar-refractivity contribution in [3.8, 4) is 0 Å². The number of ether oxygens (including phenoxy) is 1. The van der Waals surface area contributed by atoms with E-state index >= 15 is 0 Å². The summed E-state index contributed by atoms with van der Waals surface area (Å²) in [4.78, 5) is 64.8. The highest BCUT2D eigenvalue weighted by Crippen LogP contribution is 2.78. The van der Waals surface area contributed by atoms with Gasteiger partial charge in [-0.05, 0) is 55.7 Å². The first-order valence-electron chi connectivity index (χ1n) is 13.4. The molecule has 0 bridgehead atoms. The van der Waals surface area contributed by atoms with Crippen molar-refractivity contribution in [3.05, 3.63) is 23.3 Å². The number of carbonyl (C=O) groups excluding carboxylic acids is 4. The zero-order valence-corrected chi connectivity index (χ0v) is 22.9. The highest BCUT2D eigenvalue weighted by atomic mass is 16.6. The van der Waals surface area contributed by atoms with E-state index in [1.165, 1.54) is 13.0 Å². The number of rotatable bonds is 5. The van der Waals surface area contributed by atoms with Crippen LogP contribution in [0.2, 0.25) is 0 Å². The summed E-state index contributed by atoms with van der Waals surface area (Å²) in [6.45, 7) is 13.1. The van der Waals surface area contributed by atoms with Crippen LogP contribution in [0.3, 0.4) is 0 Å². The second-order valence-electron chi connectivity index (χ2n) is 13.4. The van der Waals surface area contributed by atoms with Gasteiger partial charge in [-0.1, -0.05) is 40.2 Å². The molecule has 0 unspecified atom stereocenters. The van der Waals surface area contributed by atoms with Crippen LogP contribution in [0.25, 0.3) is 0 Å². The Morgan fingerprint density at radius 2 is 1.78 bits per heavy atom. The number of fused-ring (bicyclic) bond motifs is 3. The standard InChI is InChI=1S/C30H38O7/c1-15(10-17(31)11-16(2)25(35)36)18-12-23(34)29(7)28(18,6)22(33)13-20-27(5)9-8-21(32)26(3,4)19(27)14-24-30(20,29)37-24/h10,13,16,18-19,24H,8-9,11-12,14H2,1-7H3,(H,35,36)/b15-10-/t16-,18+,19+,24+,27-,28-,29+,30-/m0/s1. The fraction of sp³-hybridized carbons (Fsp3) is 0.700. The van der Waals surface area contributed by atoms with Crippen molar-refractivity contribution in [1.29, 1.82) is 0 Å². The first-order valence-corrected chi connectivity index (χ1v) is 13.4. The van der Waals surface area contributed by atoms with E-state index in [0.717, 1.165) is 5.57 Å². The molecule has 0 amide bonds. The number of hydrogen-bond acceptors (Lipinski definition) is 6. The van der Waals surface area contributed by atoms with E-state index in [1.54, 1.807) is 13.0 Å². The van der Waals surface area contributed by atoms with Crippen LogP contribution in [0.1, 0.15) is 80.6 Å². The van der Waals surface area contributed by atoms with E-state index in [0.29, 0.717) is 24.8 Å². The summed E-state index contributed by atoms with van der Waals surface area (Å²) in [5.74, 6) is -2.55. The van der Waals surface area contributed by atoms with Crippen LogP contribution >= 0.6 is 0 Å². The molecule has 3 saturated carbocycles. The van der Waals surface area contributed by atoms with Crippen LogP contribution < -0.4 is 0 Å². The molecular weight excluding hydrogens is 472 g/mol. The predicted molar refractivity (Wildman–Crippen MR) is 134 cm³/mol. The van der Waals surface area contributed by atoms with Gasteiger partial charge in [-0.3, -0.25) is 24.0 Å². The molecule has 200 valence electrons. The molecular formula is C30H38O7. The second-order valence-corrected chi connectivity index (χ2v) is 13.4. The van der Waals surface area contributed by atoms with Crippen molar-refractivity contribution < 1.29 is 33.8 Å². The number of carboxylic acid groups (broad SMARTS) is 1. The van der Waals surface area contributed by atoms with Gasteiger partial charge in [0.2, 0.25) is 0 Å². The minimum atomic E-state index is -1.09. The molecule has 1 spiro atoms. The summed E-state index contributed by atoms with van der Waals surface area (Å²) in [6, 6.07) is 0. The predicted octanol–water partition coefficient (Wildman–Crippen LogP) is 4.28. The van der Waals surface area contributed by atoms with Crippen LogP contribution in [0.5, 0.6) is 0 Å². The first kappa shape index (κ1) is 26.2. The van der Waals surface area contributed by atoms with Crippen LogP contribution in [0.4, 0.5) is 0 Å². The van der Waals surface area contributed by atoms with Gasteiger partial charge in [-0.2, -0.15) is 0 Å².